The molecule has 0 bridgehead atoms. The van der Waals surface area contributed by atoms with Crippen molar-refractivity contribution in [1.82, 2.24) is 0 Å². The van der Waals surface area contributed by atoms with E-state index in [0.29, 0.717) is 6.42 Å². The lowest BCUT2D eigenvalue weighted by Crippen LogP contribution is -2.11. The molecule has 0 unspecified atom stereocenters. The zero-order valence-corrected chi connectivity index (χ0v) is 9.03. The summed E-state index contributed by atoms with van der Waals surface area (Å²) in [5, 5.41) is 8.68. The smallest absolute Gasteiger partial charge is 0.303 e. The Balaban J connectivity index is 2.09. The Morgan fingerprint density at radius 2 is 2.23 bits per heavy atom. The van der Waals surface area contributed by atoms with Crippen molar-refractivity contribution in [2.45, 2.75) is 39.0 Å². The van der Waals surface area contributed by atoms with Crippen molar-refractivity contribution in [3.63, 3.8) is 0 Å². The molecule has 0 aliphatic heterocycles. The average Bonchev–Trinajstić information content (AvgIpc) is 2.78. The lowest BCUT2D eigenvalue weighted by molar-refractivity contribution is -0.138. The summed E-state index contributed by atoms with van der Waals surface area (Å²) in [4.78, 5) is 10.5. The summed E-state index contributed by atoms with van der Waals surface area (Å²) in [5.41, 5.74) is 0.185. The molecular weight excluding hydrogens is 184 g/mol. The van der Waals surface area contributed by atoms with Gasteiger partial charge in [-0.3, -0.25) is 4.79 Å². The van der Waals surface area contributed by atoms with E-state index in [1.165, 1.54) is 18.6 Å². The van der Waals surface area contributed by atoms with Crippen molar-refractivity contribution in [3.05, 3.63) is 0 Å². The first-order valence-corrected chi connectivity index (χ1v) is 6.13. The molecule has 0 atom stereocenters. The fraction of sp³-hybridized carbons (Fsp3) is 0.900. The Morgan fingerprint density at radius 3 is 2.69 bits per heavy atom. The third-order valence-electron chi connectivity index (χ3n) is 2.53. The van der Waals surface area contributed by atoms with E-state index >= 15 is 0 Å². The minimum absolute atomic E-state index is 0.185. The van der Waals surface area contributed by atoms with Crippen LogP contribution in [0.15, 0.2) is 0 Å². The van der Waals surface area contributed by atoms with Crippen molar-refractivity contribution in [2.24, 2.45) is 5.41 Å². The highest BCUT2D eigenvalue weighted by atomic mass is 32.2. The van der Waals surface area contributed by atoms with Crippen molar-refractivity contribution in [2.75, 3.05) is 11.5 Å². The predicted octanol–water partition coefficient (Wildman–Crippen LogP) is 2.77. The minimum Gasteiger partial charge on any atom is -0.481 e. The van der Waals surface area contributed by atoms with Crippen LogP contribution in [-0.4, -0.2) is 22.6 Å². The molecule has 13 heavy (non-hydrogen) atoms. The molecule has 1 aliphatic rings. The Bertz CT molecular complexity index is 176. The standard InChI is InChI=1S/C10H18O2S/c1-2-3-6-13-8-10(4-5-10)7-9(11)12/h2-8H2,1H3,(H,11,12). The monoisotopic (exact) mass is 202 g/mol. The maximum absolute atomic E-state index is 10.5. The molecule has 1 rings (SSSR count). The molecule has 0 radical (unpaired) electrons. The number of hydrogen-bond acceptors (Lipinski definition) is 2. The quantitative estimate of drug-likeness (QED) is 0.645. The van der Waals surface area contributed by atoms with Gasteiger partial charge in [0.1, 0.15) is 0 Å². The van der Waals surface area contributed by atoms with Crippen LogP contribution in [0.4, 0.5) is 0 Å². The van der Waals surface area contributed by atoms with Gasteiger partial charge in [-0.25, -0.2) is 0 Å². The third-order valence-corrected chi connectivity index (χ3v) is 3.93. The van der Waals surface area contributed by atoms with Gasteiger partial charge >= 0.3 is 5.97 Å². The fourth-order valence-corrected chi connectivity index (χ4v) is 2.87. The summed E-state index contributed by atoms with van der Waals surface area (Å²) in [6, 6.07) is 0. The molecule has 1 fully saturated rings. The predicted molar refractivity (Wildman–Crippen MR) is 56.2 cm³/mol. The summed E-state index contributed by atoms with van der Waals surface area (Å²) in [6.45, 7) is 2.19. The molecule has 0 heterocycles. The SMILES string of the molecule is CCCCSCC1(CC(=O)O)CC1. The molecule has 0 amide bonds. The molecule has 3 heteroatoms. The maximum Gasteiger partial charge on any atom is 0.303 e. The molecule has 2 nitrogen and oxygen atoms in total. The Kier molecular flexibility index (Phi) is 4.10. The van der Waals surface area contributed by atoms with Gasteiger partial charge < -0.3 is 5.11 Å². The van der Waals surface area contributed by atoms with Crippen LogP contribution in [-0.2, 0) is 4.79 Å². The second-order valence-corrected chi connectivity index (χ2v) is 5.08. The van der Waals surface area contributed by atoms with Crippen LogP contribution >= 0.6 is 11.8 Å². The van der Waals surface area contributed by atoms with E-state index < -0.39 is 5.97 Å². The molecule has 0 aromatic rings. The van der Waals surface area contributed by atoms with E-state index in [0.717, 1.165) is 18.6 Å². The third kappa shape index (κ3) is 4.03. The molecule has 1 N–H and O–H groups in total. The van der Waals surface area contributed by atoms with E-state index in [-0.39, 0.29) is 5.41 Å². The Labute approximate surface area is 84.1 Å². The molecular formula is C10H18O2S. The molecule has 0 aromatic heterocycles. The Hall–Kier alpha value is -0.180. The van der Waals surface area contributed by atoms with E-state index in [1.54, 1.807) is 0 Å². The van der Waals surface area contributed by atoms with Crippen molar-refractivity contribution in [1.29, 1.82) is 0 Å². The second kappa shape index (κ2) is 4.89. The van der Waals surface area contributed by atoms with Gasteiger partial charge in [0.25, 0.3) is 0 Å². The van der Waals surface area contributed by atoms with Gasteiger partial charge in [0, 0.05) is 0 Å². The number of unbranched alkanes of at least 4 members (excludes halogenated alkanes) is 1. The summed E-state index contributed by atoms with van der Waals surface area (Å²) < 4.78 is 0. The molecule has 1 saturated carbocycles. The first kappa shape index (κ1) is 10.9. The van der Waals surface area contributed by atoms with Crippen molar-refractivity contribution in [3.8, 4) is 0 Å². The van der Waals surface area contributed by atoms with Crippen LogP contribution in [0.25, 0.3) is 0 Å². The number of carbonyl (C=O) groups is 1. The van der Waals surface area contributed by atoms with Crippen LogP contribution in [0.2, 0.25) is 0 Å². The largest absolute Gasteiger partial charge is 0.481 e. The van der Waals surface area contributed by atoms with Crippen LogP contribution in [0, 0.1) is 5.41 Å². The minimum atomic E-state index is -0.631. The molecule has 0 saturated heterocycles. The summed E-state index contributed by atoms with van der Waals surface area (Å²) in [5.74, 6) is 1.62. The highest BCUT2D eigenvalue weighted by Gasteiger charge is 2.43. The fourth-order valence-electron chi connectivity index (χ4n) is 1.40. The molecule has 0 aromatic carbocycles. The van der Waals surface area contributed by atoms with Gasteiger partial charge in [-0.05, 0) is 36.2 Å². The number of rotatable bonds is 7. The normalized spacial score (nSPS) is 18.5. The topological polar surface area (TPSA) is 37.3 Å². The van der Waals surface area contributed by atoms with Gasteiger partial charge in [-0.1, -0.05) is 13.3 Å². The second-order valence-electron chi connectivity index (χ2n) is 3.98. The average molecular weight is 202 g/mol. The van der Waals surface area contributed by atoms with Gasteiger partial charge in [0.15, 0.2) is 0 Å². The van der Waals surface area contributed by atoms with Crippen LogP contribution in [0.5, 0.6) is 0 Å². The van der Waals surface area contributed by atoms with E-state index in [4.69, 9.17) is 5.11 Å². The van der Waals surface area contributed by atoms with Gasteiger partial charge in [0.05, 0.1) is 6.42 Å². The van der Waals surface area contributed by atoms with Gasteiger partial charge in [-0.15, -0.1) is 0 Å². The lowest BCUT2D eigenvalue weighted by Gasteiger charge is -2.10. The molecule has 0 spiro atoms. The van der Waals surface area contributed by atoms with Gasteiger partial charge in [0.2, 0.25) is 0 Å². The first-order chi connectivity index (χ1) is 6.18. The summed E-state index contributed by atoms with van der Waals surface area (Å²) in [7, 11) is 0. The summed E-state index contributed by atoms with van der Waals surface area (Å²) in [6.07, 6.45) is 5.12. The number of aliphatic carboxylic acids is 1. The van der Waals surface area contributed by atoms with E-state index in [1.807, 2.05) is 11.8 Å². The van der Waals surface area contributed by atoms with Crippen LogP contribution in [0.3, 0.4) is 0 Å². The van der Waals surface area contributed by atoms with Crippen LogP contribution in [0.1, 0.15) is 39.0 Å². The zero-order valence-electron chi connectivity index (χ0n) is 8.21. The number of carboxylic acids is 1. The van der Waals surface area contributed by atoms with Crippen molar-refractivity contribution < 1.29 is 9.90 Å². The van der Waals surface area contributed by atoms with E-state index in [9.17, 15) is 4.79 Å². The zero-order chi connectivity index (χ0) is 9.73. The molecule has 76 valence electrons. The molecule has 1 aliphatic carbocycles. The lowest BCUT2D eigenvalue weighted by atomic mass is 10.1. The maximum atomic E-state index is 10.5. The first-order valence-electron chi connectivity index (χ1n) is 4.98. The highest BCUT2D eigenvalue weighted by Crippen LogP contribution is 2.51. The highest BCUT2D eigenvalue weighted by molar-refractivity contribution is 7.99. The number of thioether (sulfide) groups is 1. The number of carboxylic acid groups (broad SMARTS) is 1. The number of hydrogen-bond donors (Lipinski definition) is 1. The Morgan fingerprint density at radius 1 is 1.54 bits per heavy atom. The van der Waals surface area contributed by atoms with Crippen LogP contribution < -0.4 is 0 Å². The summed E-state index contributed by atoms with van der Waals surface area (Å²) >= 11 is 1.93. The van der Waals surface area contributed by atoms with E-state index in [2.05, 4.69) is 6.92 Å². The van der Waals surface area contributed by atoms with Gasteiger partial charge in [-0.2, -0.15) is 11.8 Å². The van der Waals surface area contributed by atoms with Crippen molar-refractivity contribution >= 4 is 17.7 Å².